The molecule has 0 N–H and O–H groups in total. The van der Waals surface area contributed by atoms with Gasteiger partial charge in [-0.2, -0.15) is 5.10 Å². The Hall–Kier alpha value is -3.22. The summed E-state index contributed by atoms with van der Waals surface area (Å²) in [5.74, 6) is 0.251. The van der Waals surface area contributed by atoms with Crippen LogP contribution in [0.4, 0.5) is 0 Å². The van der Waals surface area contributed by atoms with Gasteiger partial charge >= 0.3 is 5.97 Å². The second-order valence-corrected chi connectivity index (χ2v) is 6.58. The van der Waals surface area contributed by atoms with Gasteiger partial charge in [0.05, 0.1) is 31.2 Å². The molecule has 1 aliphatic carbocycles. The molecule has 0 bridgehead atoms. The summed E-state index contributed by atoms with van der Waals surface area (Å²) in [7, 11) is 2.95. The summed E-state index contributed by atoms with van der Waals surface area (Å²) in [6.45, 7) is 1.73. The first-order valence-electron chi connectivity index (χ1n) is 8.66. The third-order valence-corrected chi connectivity index (χ3v) is 5.06. The third kappa shape index (κ3) is 2.66. The Morgan fingerprint density at radius 3 is 2.74 bits per heavy atom. The van der Waals surface area contributed by atoms with Crippen molar-refractivity contribution in [2.24, 2.45) is 0 Å². The van der Waals surface area contributed by atoms with Crippen molar-refractivity contribution in [3.05, 3.63) is 58.5 Å². The number of carbonyl (C=O) groups excluding carboxylic acids is 2. The number of Topliss-reactive ketones (excluding diaryl/α,β-unsaturated/α-hetero) is 1. The van der Waals surface area contributed by atoms with Crippen LogP contribution in [0.2, 0.25) is 0 Å². The van der Waals surface area contributed by atoms with Crippen LogP contribution in [0.15, 0.2) is 30.5 Å². The summed E-state index contributed by atoms with van der Waals surface area (Å²) in [6, 6.07) is 7.72. The van der Waals surface area contributed by atoms with Crippen LogP contribution in [0.25, 0.3) is 5.65 Å². The molecule has 7 heteroatoms. The van der Waals surface area contributed by atoms with Crippen molar-refractivity contribution < 1.29 is 19.1 Å². The lowest BCUT2D eigenvalue weighted by molar-refractivity contribution is 0.0601. The number of hydrogen-bond acceptors (Lipinski definition) is 6. The number of aromatic nitrogens is 3. The molecule has 138 valence electrons. The fourth-order valence-electron chi connectivity index (χ4n) is 3.77. The average Bonchev–Trinajstić information content (AvgIpc) is 3.03. The summed E-state index contributed by atoms with van der Waals surface area (Å²) in [4.78, 5) is 29.2. The molecule has 0 radical (unpaired) electrons. The van der Waals surface area contributed by atoms with Gasteiger partial charge in [0, 0.05) is 18.5 Å². The van der Waals surface area contributed by atoms with E-state index in [9.17, 15) is 9.59 Å². The number of fused-ring (bicyclic) bond motifs is 3. The second kappa shape index (κ2) is 6.50. The first-order chi connectivity index (χ1) is 13.0. The molecule has 7 nitrogen and oxygen atoms in total. The summed E-state index contributed by atoms with van der Waals surface area (Å²) >= 11 is 0. The minimum atomic E-state index is -0.488. The second-order valence-electron chi connectivity index (χ2n) is 6.58. The maximum atomic E-state index is 12.8. The lowest BCUT2D eigenvalue weighted by Gasteiger charge is -2.25. The average molecular weight is 365 g/mol. The number of ketones is 1. The van der Waals surface area contributed by atoms with E-state index >= 15 is 0 Å². The molecule has 2 heterocycles. The number of esters is 1. The Balaban J connectivity index is 1.87. The number of aryl methyl sites for hydroxylation is 1. The maximum absolute atomic E-state index is 12.8. The summed E-state index contributed by atoms with van der Waals surface area (Å²) in [5.41, 5.74) is 3.55. The van der Waals surface area contributed by atoms with Crippen LogP contribution in [0.3, 0.4) is 0 Å². The van der Waals surface area contributed by atoms with Crippen molar-refractivity contribution in [2.45, 2.75) is 25.7 Å². The van der Waals surface area contributed by atoms with Crippen LogP contribution in [0.1, 0.15) is 50.0 Å². The van der Waals surface area contributed by atoms with E-state index in [4.69, 9.17) is 9.47 Å². The molecule has 1 aliphatic rings. The highest BCUT2D eigenvalue weighted by Gasteiger charge is 2.32. The Morgan fingerprint density at radius 1 is 1.22 bits per heavy atom. The number of methoxy groups -OCH3 is 2. The normalized spacial score (nSPS) is 16.3. The van der Waals surface area contributed by atoms with Crippen LogP contribution in [-0.4, -0.2) is 40.6 Å². The summed E-state index contributed by atoms with van der Waals surface area (Å²) in [5, 5.41) is 4.47. The molecule has 0 saturated carbocycles. The molecule has 0 spiro atoms. The van der Waals surface area contributed by atoms with E-state index in [0.29, 0.717) is 35.3 Å². The van der Waals surface area contributed by atoms with Gasteiger partial charge in [-0.15, -0.1) is 0 Å². The molecule has 1 unspecified atom stereocenters. The molecule has 3 aromatic rings. The van der Waals surface area contributed by atoms with Gasteiger partial charge in [0.25, 0.3) is 0 Å². The maximum Gasteiger partial charge on any atom is 0.343 e. The van der Waals surface area contributed by atoms with Gasteiger partial charge in [0.1, 0.15) is 11.3 Å². The standard InChI is InChI=1S/C20H19N3O4/c1-11-18(20(25)27-3)19-21-10-14-15(23(19)22-11)8-12(9-16(14)24)13-6-4-5-7-17(13)26-2/h4-7,10,12H,8-9H2,1-3H3. The van der Waals surface area contributed by atoms with Crippen LogP contribution in [0, 0.1) is 6.92 Å². The fourth-order valence-corrected chi connectivity index (χ4v) is 3.77. The predicted octanol–water partition coefficient (Wildman–Crippen LogP) is 2.75. The first-order valence-corrected chi connectivity index (χ1v) is 8.66. The lowest BCUT2D eigenvalue weighted by Crippen LogP contribution is -2.23. The summed E-state index contributed by atoms with van der Waals surface area (Å²) in [6.07, 6.45) is 2.52. The molecule has 27 heavy (non-hydrogen) atoms. The van der Waals surface area contributed by atoms with E-state index in [2.05, 4.69) is 10.1 Å². The minimum Gasteiger partial charge on any atom is -0.496 e. The van der Waals surface area contributed by atoms with E-state index in [-0.39, 0.29) is 11.7 Å². The van der Waals surface area contributed by atoms with Crippen molar-refractivity contribution >= 4 is 17.4 Å². The van der Waals surface area contributed by atoms with E-state index in [0.717, 1.165) is 17.0 Å². The largest absolute Gasteiger partial charge is 0.496 e. The highest BCUT2D eigenvalue weighted by atomic mass is 16.5. The quantitative estimate of drug-likeness (QED) is 0.664. The predicted molar refractivity (Wildman–Crippen MR) is 97.5 cm³/mol. The van der Waals surface area contributed by atoms with Gasteiger partial charge in [-0.05, 0) is 25.0 Å². The number of ether oxygens (including phenoxy) is 2. The van der Waals surface area contributed by atoms with Crippen LogP contribution < -0.4 is 4.74 Å². The highest BCUT2D eigenvalue weighted by molar-refractivity contribution is 6.00. The van der Waals surface area contributed by atoms with Crippen LogP contribution in [0.5, 0.6) is 5.75 Å². The number of para-hydroxylation sites is 1. The van der Waals surface area contributed by atoms with Gasteiger partial charge in [-0.25, -0.2) is 14.3 Å². The lowest BCUT2D eigenvalue weighted by atomic mass is 9.81. The van der Waals surface area contributed by atoms with Crippen LogP contribution in [-0.2, 0) is 11.2 Å². The van der Waals surface area contributed by atoms with Crippen molar-refractivity contribution in [3.8, 4) is 5.75 Å². The van der Waals surface area contributed by atoms with Gasteiger partial charge in [-0.3, -0.25) is 4.79 Å². The van der Waals surface area contributed by atoms with Crippen molar-refractivity contribution in [2.75, 3.05) is 14.2 Å². The molecule has 0 saturated heterocycles. The van der Waals surface area contributed by atoms with Gasteiger partial charge in [0.15, 0.2) is 11.4 Å². The molecule has 0 amide bonds. The molecule has 0 aliphatic heterocycles. The van der Waals surface area contributed by atoms with Crippen molar-refractivity contribution in [3.63, 3.8) is 0 Å². The fraction of sp³-hybridized carbons (Fsp3) is 0.300. The minimum absolute atomic E-state index is 0.00864. The van der Waals surface area contributed by atoms with Gasteiger partial charge < -0.3 is 9.47 Å². The Labute approximate surface area is 155 Å². The van der Waals surface area contributed by atoms with E-state index < -0.39 is 5.97 Å². The van der Waals surface area contributed by atoms with Crippen molar-refractivity contribution in [1.29, 1.82) is 0 Å². The Morgan fingerprint density at radius 2 is 2.00 bits per heavy atom. The summed E-state index contributed by atoms with van der Waals surface area (Å²) < 4.78 is 11.9. The van der Waals surface area contributed by atoms with Crippen LogP contribution >= 0.6 is 0 Å². The molecule has 2 aromatic heterocycles. The van der Waals surface area contributed by atoms with Crippen molar-refractivity contribution in [1.82, 2.24) is 14.6 Å². The highest BCUT2D eigenvalue weighted by Crippen LogP contribution is 2.37. The van der Waals surface area contributed by atoms with Gasteiger partial charge in [-0.1, -0.05) is 18.2 Å². The molecule has 0 fully saturated rings. The number of benzene rings is 1. The SMILES string of the molecule is COC(=O)c1c(C)nn2c3c(cnc12)C(=O)CC(c1ccccc1OC)C3. The van der Waals surface area contributed by atoms with E-state index in [1.807, 2.05) is 24.3 Å². The Bertz CT molecular complexity index is 1070. The number of rotatable bonds is 3. The topological polar surface area (TPSA) is 82.8 Å². The number of carbonyl (C=O) groups is 2. The van der Waals surface area contributed by atoms with E-state index in [1.54, 1.807) is 24.7 Å². The molecule has 1 atom stereocenters. The first kappa shape index (κ1) is 17.2. The molecular weight excluding hydrogens is 346 g/mol. The molecule has 1 aromatic carbocycles. The Kier molecular flexibility index (Phi) is 4.14. The molecular formula is C20H19N3O4. The number of hydrogen-bond donors (Lipinski definition) is 0. The smallest absolute Gasteiger partial charge is 0.343 e. The number of nitrogens with zero attached hydrogens (tertiary/aromatic N) is 3. The van der Waals surface area contributed by atoms with E-state index in [1.165, 1.54) is 7.11 Å². The van der Waals surface area contributed by atoms with Gasteiger partial charge in [0.2, 0.25) is 0 Å². The monoisotopic (exact) mass is 365 g/mol. The third-order valence-electron chi connectivity index (χ3n) is 5.06. The molecule has 4 rings (SSSR count). The zero-order valence-corrected chi connectivity index (χ0v) is 15.4. The zero-order chi connectivity index (χ0) is 19.1. The zero-order valence-electron chi connectivity index (χ0n) is 15.4.